The van der Waals surface area contributed by atoms with Crippen molar-refractivity contribution in [2.24, 2.45) is 0 Å². The molecule has 0 spiro atoms. The number of benzene rings is 2. The van der Waals surface area contributed by atoms with Crippen LogP contribution in [0.2, 0.25) is 0 Å². The van der Waals surface area contributed by atoms with Gasteiger partial charge in [0.15, 0.2) is 0 Å². The first-order chi connectivity index (χ1) is 10.7. The fourth-order valence-electron chi connectivity index (χ4n) is 2.21. The van der Waals surface area contributed by atoms with E-state index in [9.17, 15) is 4.79 Å². The molecule has 3 nitrogen and oxygen atoms in total. The molecular formula is C17H14O3S2. The van der Waals surface area contributed by atoms with Gasteiger partial charge in [0, 0.05) is 25.1 Å². The van der Waals surface area contributed by atoms with Crippen molar-refractivity contribution < 1.29 is 14.3 Å². The van der Waals surface area contributed by atoms with E-state index >= 15 is 0 Å². The Kier molecular flexibility index (Phi) is 4.45. The molecule has 0 atom stereocenters. The highest BCUT2D eigenvalue weighted by Gasteiger charge is 2.24. The predicted octanol–water partition coefficient (Wildman–Crippen LogP) is 4.46. The van der Waals surface area contributed by atoms with Gasteiger partial charge in [-0.25, -0.2) is 4.79 Å². The van der Waals surface area contributed by atoms with Crippen LogP contribution in [0.4, 0.5) is 0 Å². The lowest BCUT2D eigenvalue weighted by atomic mass is 10.1. The van der Waals surface area contributed by atoms with Gasteiger partial charge in [-0.05, 0) is 18.2 Å². The number of carbonyl (C=O) groups is 1. The van der Waals surface area contributed by atoms with E-state index in [0.29, 0.717) is 5.57 Å². The molecule has 1 aliphatic heterocycles. The number of methoxy groups -OCH3 is 2. The van der Waals surface area contributed by atoms with Crippen molar-refractivity contribution >= 4 is 35.1 Å². The minimum atomic E-state index is -0.403. The molecular weight excluding hydrogens is 316 g/mol. The first-order valence-electron chi connectivity index (χ1n) is 6.64. The van der Waals surface area contributed by atoms with E-state index in [1.54, 1.807) is 23.5 Å². The molecule has 0 unspecified atom stereocenters. The summed E-state index contributed by atoms with van der Waals surface area (Å²) in [6, 6.07) is 14.2. The van der Waals surface area contributed by atoms with Crippen LogP contribution in [0.1, 0.15) is 5.56 Å². The number of hydrogen-bond donors (Lipinski definition) is 0. The van der Waals surface area contributed by atoms with Gasteiger partial charge in [-0.3, -0.25) is 0 Å². The molecule has 0 saturated carbocycles. The molecule has 0 amide bonds. The van der Waals surface area contributed by atoms with Crippen molar-refractivity contribution in [3.05, 3.63) is 54.3 Å². The van der Waals surface area contributed by atoms with E-state index in [4.69, 9.17) is 9.47 Å². The van der Waals surface area contributed by atoms with Crippen molar-refractivity contribution in [1.82, 2.24) is 0 Å². The lowest BCUT2D eigenvalue weighted by Gasteiger charge is -2.21. The highest BCUT2D eigenvalue weighted by molar-refractivity contribution is 8.05. The fraction of sp³-hybridized carbons (Fsp3) is 0.118. The fourth-order valence-corrected chi connectivity index (χ4v) is 4.60. The zero-order valence-electron chi connectivity index (χ0n) is 12.2. The second kappa shape index (κ2) is 6.50. The van der Waals surface area contributed by atoms with Crippen LogP contribution in [-0.2, 0) is 14.3 Å². The molecule has 5 heteroatoms. The molecule has 22 heavy (non-hydrogen) atoms. The normalized spacial score (nSPS) is 13.1. The van der Waals surface area contributed by atoms with Gasteiger partial charge in [0.1, 0.15) is 5.57 Å². The molecule has 0 aliphatic carbocycles. The number of fused-ring (bicyclic) bond motifs is 2. The average molecular weight is 330 g/mol. The van der Waals surface area contributed by atoms with Crippen LogP contribution in [0.15, 0.2) is 68.3 Å². The minimum absolute atomic E-state index is 0.403. The molecule has 0 aromatic heterocycles. The first kappa shape index (κ1) is 15.1. The molecule has 2 aromatic carbocycles. The van der Waals surface area contributed by atoms with Crippen molar-refractivity contribution in [2.75, 3.05) is 14.2 Å². The highest BCUT2D eigenvalue weighted by Crippen LogP contribution is 2.50. The summed E-state index contributed by atoms with van der Waals surface area (Å²) >= 11 is 3.38. The number of hydrogen-bond acceptors (Lipinski definition) is 5. The molecule has 2 aromatic rings. The summed E-state index contributed by atoms with van der Waals surface area (Å²) in [6.07, 6.45) is 1.44. The Hall–Kier alpha value is -1.85. The molecule has 3 rings (SSSR count). The molecule has 0 radical (unpaired) electrons. The van der Waals surface area contributed by atoms with Crippen LogP contribution in [0.3, 0.4) is 0 Å². The number of ether oxygens (including phenoxy) is 2. The van der Waals surface area contributed by atoms with Gasteiger partial charge in [-0.1, -0.05) is 47.8 Å². The van der Waals surface area contributed by atoms with Gasteiger partial charge in [0.25, 0.3) is 0 Å². The average Bonchev–Trinajstić information content (AvgIpc) is 2.57. The Bertz CT molecular complexity index is 753. The maximum atomic E-state index is 12.0. The van der Waals surface area contributed by atoms with E-state index in [1.165, 1.54) is 30.3 Å². The number of esters is 1. The maximum absolute atomic E-state index is 12.0. The van der Waals surface area contributed by atoms with Gasteiger partial charge >= 0.3 is 5.97 Å². The quantitative estimate of drug-likeness (QED) is 0.402. The SMILES string of the molecule is COC=C(C(=O)OC)c1cccc2c1Sc1ccccc1S2. The largest absolute Gasteiger partial charge is 0.503 e. The Morgan fingerprint density at radius 3 is 2.32 bits per heavy atom. The van der Waals surface area contributed by atoms with Gasteiger partial charge in [0.2, 0.25) is 0 Å². The Balaban J connectivity index is 2.10. The molecule has 0 N–H and O–H groups in total. The highest BCUT2D eigenvalue weighted by atomic mass is 32.2. The molecule has 1 heterocycles. The van der Waals surface area contributed by atoms with E-state index in [1.807, 2.05) is 24.3 Å². The third-order valence-electron chi connectivity index (χ3n) is 3.19. The second-order valence-corrected chi connectivity index (χ2v) is 6.68. The number of carbonyl (C=O) groups excluding carboxylic acids is 1. The minimum Gasteiger partial charge on any atom is -0.503 e. The van der Waals surface area contributed by atoms with Crippen molar-refractivity contribution in [2.45, 2.75) is 19.6 Å². The third kappa shape index (κ3) is 2.74. The van der Waals surface area contributed by atoms with E-state index in [2.05, 4.69) is 18.2 Å². The van der Waals surface area contributed by atoms with Crippen LogP contribution in [0, 0.1) is 0 Å². The van der Waals surface area contributed by atoms with Crippen LogP contribution < -0.4 is 0 Å². The molecule has 112 valence electrons. The first-order valence-corrected chi connectivity index (χ1v) is 8.27. The monoisotopic (exact) mass is 330 g/mol. The smallest absolute Gasteiger partial charge is 0.341 e. The molecule has 1 aliphatic rings. The number of rotatable bonds is 3. The Morgan fingerprint density at radius 2 is 1.64 bits per heavy atom. The van der Waals surface area contributed by atoms with Crippen LogP contribution in [0.25, 0.3) is 5.57 Å². The summed E-state index contributed by atoms with van der Waals surface area (Å²) in [5.74, 6) is -0.403. The summed E-state index contributed by atoms with van der Waals surface area (Å²) < 4.78 is 9.94. The standard InChI is InChI=1S/C17H14O3S2/c1-19-10-12(17(18)20-2)11-6-5-9-15-16(11)22-14-8-4-3-7-13(14)21-15/h3-10H,1-2H3. The zero-order chi connectivity index (χ0) is 15.5. The lowest BCUT2D eigenvalue weighted by Crippen LogP contribution is -2.06. The van der Waals surface area contributed by atoms with Crippen molar-refractivity contribution in [1.29, 1.82) is 0 Å². The molecule has 0 saturated heterocycles. The lowest BCUT2D eigenvalue weighted by molar-refractivity contribution is -0.133. The maximum Gasteiger partial charge on any atom is 0.341 e. The summed E-state index contributed by atoms with van der Waals surface area (Å²) in [7, 11) is 2.90. The van der Waals surface area contributed by atoms with Gasteiger partial charge in [-0.15, -0.1) is 0 Å². The topological polar surface area (TPSA) is 35.5 Å². The Morgan fingerprint density at radius 1 is 0.955 bits per heavy atom. The summed E-state index contributed by atoms with van der Waals surface area (Å²) in [5, 5.41) is 0. The van der Waals surface area contributed by atoms with Crippen LogP contribution >= 0.6 is 23.5 Å². The summed E-state index contributed by atoms with van der Waals surface area (Å²) in [6.45, 7) is 0. The van der Waals surface area contributed by atoms with E-state index < -0.39 is 5.97 Å². The second-order valence-electron chi connectivity index (χ2n) is 4.54. The van der Waals surface area contributed by atoms with Crippen molar-refractivity contribution in [3.63, 3.8) is 0 Å². The van der Waals surface area contributed by atoms with Gasteiger partial charge < -0.3 is 9.47 Å². The summed E-state index contributed by atoms with van der Waals surface area (Å²) in [4.78, 5) is 16.7. The third-order valence-corrected chi connectivity index (χ3v) is 5.81. The summed E-state index contributed by atoms with van der Waals surface area (Å²) in [5.41, 5.74) is 1.26. The van der Waals surface area contributed by atoms with Gasteiger partial charge in [0.05, 0.1) is 20.5 Å². The predicted molar refractivity (Wildman–Crippen MR) is 88.1 cm³/mol. The molecule has 0 fully saturated rings. The van der Waals surface area contributed by atoms with Crippen LogP contribution in [-0.4, -0.2) is 20.2 Å². The molecule has 0 bridgehead atoms. The van der Waals surface area contributed by atoms with Gasteiger partial charge in [-0.2, -0.15) is 0 Å². The van der Waals surface area contributed by atoms with Crippen LogP contribution in [0.5, 0.6) is 0 Å². The zero-order valence-corrected chi connectivity index (χ0v) is 13.8. The van der Waals surface area contributed by atoms with E-state index in [0.717, 1.165) is 15.4 Å². The van der Waals surface area contributed by atoms with Crippen molar-refractivity contribution in [3.8, 4) is 0 Å². The van der Waals surface area contributed by atoms with E-state index in [-0.39, 0.29) is 0 Å². The Labute approximate surface area is 137 Å².